The van der Waals surface area contributed by atoms with Crippen LogP contribution in [0.5, 0.6) is 5.75 Å². The van der Waals surface area contributed by atoms with Crippen LogP contribution in [-0.2, 0) is 21.0 Å². The number of aromatic nitrogens is 1. The monoisotopic (exact) mass is 212 g/mol. The fourth-order valence-electron chi connectivity index (χ4n) is 1.09. The Bertz CT molecular complexity index is 400. The van der Waals surface area contributed by atoms with Gasteiger partial charge in [-0.2, -0.15) is 0 Å². The molecule has 1 N–H and O–H groups in total. The molecule has 0 amide bonds. The molecule has 0 bridgehead atoms. The van der Waals surface area contributed by atoms with Crippen LogP contribution in [0.4, 0.5) is 0 Å². The summed E-state index contributed by atoms with van der Waals surface area (Å²) in [6.07, 6.45) is 1.67. The molecule has 0 aliphatic carbocycles. The van der Waals surface area contributed by atoms with Crippen LogP contribution >= 0.6 is 0 Å². The summed E-state index contributed by atoms with van der Waals surface area (Å²) >= 11 is 1.06. The Kier molecular flexibility index (Phi) is 3.61. The van der Waals surface area contributed by atoms with E-state index in [1.165, 1.54) is 0 Å². The van der Waals surface area contributed by atoms with Gasteiger partial charge in [0.2, 0.25) is 0 Å². The van der Waals surface area contributed by atoms with Crippen LogP contribution in [0.25, 0.3) is 10.9 Å². The van der Waals surface area contributed by atoms with Crippen molar-refractivity contribution in [2.45, 2.75) is 0 Å². The van der Waals surface area contributed by atoms with Crippen molar-refractivity contribution in [3.05, 3.63) is 36.5 Å². The number of aromatic hydroxyl groups is 1. The van der Waals surface area contributed by atoms with Gasteiger partial charge < -0.3 is 5.11 Å². The predicted molar refractivity (Wildman–Crippen MR) is 44.1 cm³/mol. The Morgan fingerprint density at radius 3 is 2.54 bits per heavy atom. The van der Waals surface area contributed by atoms with Gasteiger partial charge in [0.25, 0.3) is 0 Å². The van der Waals surface area contributed by atoms with Crippen molar-refractivity contribution in [3.8, 4) is 5.75 Å². The number of nitrogens with zero attached hydrogens (tertiary/aromatic N) is 1. The summed E-state index contributed by atoms with van der Waals surface area (Å²) in [5.74, 6) is 0.239. The third-order valence-corrected chi connectivity index (χ3v) is 1.61. The average Bonchev–Trinajstić information content (AvgIpc) is 2.22. The zero-order valence-corrected chi connectivity index (χ0v) is 8.11. The summed E-state index contributed by atoms with van der Waals surface area (Å²) in [6.45, 7) is 0. The summed E-state index contributed by atoms with van der Waals surface area (Å²) in [6, 6.07) is 9.13. The van der Waals surface area contributed by atoms with Crippen LogP contribution in [0.1, 0.15) is 0 Å². The molecule has 2 rings (SSSR count). The first-order chi connectivity index (χ1) is 6.38. The van der Waals surface area contributed by atoms with Gasteiger partial charge in [-0.25, -0.2) is 0 Å². The average molecular weight is 212 g/mol. The SMILES string of the molecule is Oc1cccc2cccnc12.[O]=[V]. The van der Waals surface area contributed by atoms with Crippen molar-refractivity contribution in [3.63, 3.8) is 0 Å². The molecule has 0 aliphatic heterocycles. The number of rotatable bonds is 0. The van der Waals surface area contributed by atoms with Crippen LogP contribution in [-0.4, -0.2) is 10.1 Å². The molecule has 65 valence electrons. The maximum atomic E-state index is 9.31. The van der Waals surface area contributed by atoms with E-state index in [1.54, 1.807) is 18.3 Å². The molecule has 2 aromatic rings. The van der Waals surface area contributed by atoms with E-state index in [0.717, 1.165) is 22.8 Å². The van der Waals surface area contributed by atoms with Gasteiger partial charge in [-0.1, -0.05) is 18.2 Å². The fraction of sp³-hybridized carbons (Fsp3) is 0. The van der Waals surface area contributed by atoms with Crippen LogP contribution in [0.2, 0.25) is 0 Å². The third kappa shape index (κ3) is 2.14. The number of phenols is 1. The van der Waals surface area contributed by atoms with Gasteiger partial charge in [-0.3, -0.25) is 4.98 Å². The van der Waals surface area contributed by atoms with Crippen molar-refractivity contribution in [1.82, 2.24) is 4.98 Å². The third-order valence-electron chi connectivity index (χ3n) is 1.61. The Morgan fingerprint density at radius 1 is 1.15 bits per heavy atom. The van der Waals surface area contributed by atoms with Gasteiger partial charge in [0, 0.05) is 11.6 Å². The van der Waals surface area contributed by atoms with Crippen molar-refractivity contribution in [2.75, 3.05) is 0 Å². The molecule has 4 heteroatoms. The van der Waals surface area contributed by atoms with Crippen molar-refractivity contribution in [1.29, 1.82) is 0 Å². The molecule has 0 saturated carbocycles. The standard InChI is InChI=1S/C9H7NO.O.V/c11-8-5-1-3-7-4-2-6-10-9(7)8;;/h1-6,11H;;. The maximum absolute atomic E-state index is 9.31. The van der Waals surface area contributed by atoms with E-state index >= 15 is 0 Å². The summed E-state index contributed by atoms with van der Waals surface area (Å²) in [7, 11) is 0. The number of benzene rings is 1. The van der Waals surface area contributed by atoms with Crippen LogP contribution < -0.4 is 0 Å². The molecule has 0 unspecified atom stereocenters. The molecule has 0 spiro atoms. The summed E-state index contributed by atoms with van der Waals surface area (Å²) in [5, 5.41) is 10.3. The molecular formula is C9H7NO2V. The van der Waals surface area contributed by atoms with Gasteiger partial charge in [-0.05, 0) is 12.1 Å². The molecule has 1 heterocycles. The van der Waals surface area contributed by atoms with E-state index < -0.39 is 0 Å². The molecule has 1 aromatic carbocycles. The summed E-state index contributed by atoms with van der Waals surface area (Å²) < 4.78 is 8.19. The first-order valence-electron chi connectivity index (χ1n) is 3.59. The molecule has 13 heavy (non-hydrogen) atoms. The minimum absolute atomic E-state index is 0.239. The van der Waals surface area contributed by atoms with Crippen molar-refractivity contribution in [2.24, 2.45) is 0 Å². The number of pyridine rings is 1. The number of para-hydroxylation sites is 1. The molecule has 0 aliphatic rings. The van der Waals surface area contributed by atoms with Gasteiger partial charge in [0.15, 0.2) is 0 Å². The number of fused-ring (bicyclic) bond motifs is 1. The Labute approximate surface area is 84.6 Å². The van der Waals surface area contributed by atoms with E-state index in [4.69, 9.17) is 3.67 Å². The quantitative estimate of drug-likeness (QED) is 0.724. The topological polar surface area (TPSA) is 50.2 Å². The Morgan fingerprint density at radius 2 is 1.85 bits per heavy atom. The van der Waals surface area contributed by atoms with E-state index in [2.05, 4.69) is 4.98 Å². The van der Waals surface area contributed by atoms with Crippen LogP contribution in [0, 0.1) is 0 Å². The molecule has 3 nitrogen and oxygen atoms in total. The fourth-order valence-corrected chi connectivity index (χ4v) is 1.09. The van der Waals surface area contributed by atoms with Gasteiger partial charge >= 0.3 is 21.0 Å². The zero-order valence-electron chi connectivity index (χ0n) is 6.71. The Balaban J connectivity index is 0.000000396. The number of hydrogen-bond donors (Lipinski definition) is 1. The molecular weight excluding hydrogens is 205 g/mol. The zero-order chi connectivity index (χ0) is 9.68. The first kappa shape index (κ1) is 9.90. The minimum atomic E-state index is 0.239. The van der Waals surface area contributed by atoms with E-state index in [1.807, 2.05) is 18.2 Å². The second-order valence-electron chi connectivity index (χ2n) is 2.35. The predicted octanol–water partition coefficient (Wildman–Crippen LogP) is 1.82. The van der Waals surface area contributed by atoms with Crippen molar-refractivity contribution < 1.29 is 26.1 Å². The molecule has 1 aromatic heterocycles. The van der Waals surface area contributed by atoms with Gasteiger partial charge in [-0.15, -0.1) is 0 Å². The summed E-state index contributed by atoms with van der Waals surface area (Å²) in [5.41, 5.74) is 0.662. The van der Waals surface area contributed by atoms with Crippen LogP contribution in [0.15, 0.2) is 36.5 Å². The first-order valence-corrected chi connectivity index (χ1v) is 4.16. The molecule has 0 saturated heterocycles. The second-order valence-corrected chi connectivity index (χ2v) is 2.35. The van der Waals surface area contributed by atoms with E-state index in [0.29, 0.717) is 5.52 Å². The van der Waals surface area contributed by atoms with Gasteiger partial charge in [0.05, 0.1) is 0 Å². The van der Waals surface area contributed by atoms with Crippen LogP contribution in [0.3, 0.4) is 0 Å². The molecule has 0 fully saturated rings. The van der Waals surface area contributed by atoms with E-state index in [-0.39, 0.29) is 5.75 Å². The van der Waals surface area contributed by atoms with Gasteiger partial charge in [0.1, 0.15) is 11.3 Å². The molecule has 0 atom stereocenters. The number of hydrogen-bond acceptors (Lipinski definition) is 3. The normalized spacial score (nSPS) is 8.85. The second kappa shape index (κ2) is 4.75. The van der Waals surface area contributed by atoms with Crippen molar-refractivity contribution >= 4 is 10.9 Å². The van der Waals surface area contributed by atoms with E-state index in [9.17, 15) is 5.11 Å². The number of phenolic OH excluding ortho intramolecular Hbond substituents is 1. The Hall–Kier alpha value is -1.19. The molecule has 0 radical (unpaired) electrons. The summed E-state index contributed by atoms with van der Waals surface area (Å²) in [4.78, 5) is 4.03.